The van der Waals surface area contributed by atoms with Crippen molar-refractivity contribution in [1.82, 2.24) is 9.21 Å². The summed E-state index contributed by atoms with van der Waals surface area (Å²) >= 11 is 0. The minimum Gasteiger partial charge on any atom is -0.495 e. The fraction of sp³-hybridized carbons (Fsp3) is 0.417. The number of anilines is 1. The van der Waals surface area contributed by atoms with E-state index in [-0.39, 0.29) is 22.1 Å². The van der Waals surface area contributed by atoms with Crippen LogP contribution in [-0.2, 0) is 21.2 Å². The van der Waals surface area contributed by atoms with Crippen LogP contribution in [-0.4, -0.2) is 62.7 Å². The maximum atomic E-state index is 13.0. The molecule has 0 unspecified atom stereocenters. The maximum absolute atomic E-state index is 13.0. The van der Waals surface area contributed by atoms with Gasteiger partial charge in [-0.2, -0.15) is 4.31 Å². The summed E-state index contributed by atoms with van der Waals surface area (Å²) in [4.78, 5) is 27.0. The monoisotopic (exact) mass is 473 g/mol. The zero-order valence-electron chi connectivity index (χ0n) is 19.3. The van der Waals surface area contributed by atoms with E-state index in [0.29, 0.717) is 25.2 Å². The van der Waals surface area contributed by atoms with Crippen LogP contribution in [0.4, 0.5) is 5.69 Å². The number of hydrogen-bond donors (Lipinski definition) is 1. The van der Waals surface area contributed by atoms with Gasteiger partial charge in [0.05, 0.1) is 13.5 Å². The second kappa shape index (κ2) is 10.8. The summed E-state index contributed by atoms with van der Waals surface area (Å²) < 4.78 is 32.6. The van der Waals surface area contributed by atoms with Gasteiger partial charge in [0.25, 0.3) is 5.91 Å². The van der Waals surface area contributed by atoms with Crippen LogP contribution in [0.25, 0.3) is 0 Å². The van der Waals surface area contributed by atoms with Crippen LogP contribution in [0.5, 0.6) is 5.75 Å². The lowest BCUT2D eigenvalue weighted by atomic mass is 10.1. The first kappa shape index (κ1) is 24.7. The number of amides is 2. The van der Waals surface area contributed by atoms with Crippen LogP contribution in [0, 0.1) is 0 Å². The van der Waals surface area contributed by atoms with E-state index in [0.717, 1.165) is 31.5 Å². The Kier molecular flexibility index (Phi) is 8.10. The van der Waals surface area contributed by atoms with Gasteiger partial charge in [0, 0.05) is 37.4 Å². The molecule has 1 fully saturated rings. The normalized spacial score (nSPS) is 13.9. The molecule has 1 aliphatic rings. The van der Waals surface area contributed by atoms with Gasteiger partial charge in [-0.3, -0.25) is 9.59 Å². The van der Waals surface area contributed by atoms with Crippen LogP contribution < -0.4 is 10.1 Å². The number of methoxy groups -OCH3 is 1. The minimum absolute atomic E-state index is 0.0443. The minimum atomic E-state index is -3.80. The molecular weight excluding hydrogens is 442 g/mol. The summed E-state index contributed by atoms with van der Waals surface area (Å²) in [7, 11) is -2.41. The molecule has 0 atom stereocenters. The Hall–Kier alpha value is -2.91. The molecule has 1 aliphatic heterocycles. The SMILES string of the molecule is CCN(CC)S(=O)(=O)c1cc(C(=O)Nc2ccc(CC(=O)N3CCCC3)cc2)ccc1OC. The Morgan fingerprint density at radius 2 is 1.67 bits per heavy atom. The summed E-state index contributed by atoms with van der Waals surface area (Å²) in [6, 6.07) is 11.5. The largest absolute Gasteiger partial charge is 0.495 e. The summed E-state index contributed by atoms with van der Waals surface area (Å²) in [5.41, 5.74) is 1.64. The molecule has 33 heavy (non-hydrogen) atoms. The van der Waals surface area contributed by atoms with Crippen molar-refractivity contribution in [3.05, 3.63) is 53.6 Å². The van der Waals surface area contributed by atoms with Gasteiger partial charge < -0.3 is 15.0 Å². The van der Waals surface area contributed by atoms with Crippen LogP contribution in [0.1, 0.15) is 42.6 Å². The third-order valence-electron chi connectivity index (χ3n) is 5.77. The predicted molar refractivity (Wildman–Crippen MR) is 127 cm³/mol. The molecular formula is C24H31N3O5S. The molecule has 1 saturated heterocycles. The number of sulfonamides is 1. The first-order valence-corrected chi connectivity index (χ1v) is 12.6. The molecule has 8 nitrogen and oxygen atoms in total. The molecule has 2 amide bonds. The lowest BCUT2D eigenvalue weighted by Gasteiger charge is -2.20. The van der Waals surface area contributed by atoms with Crippen molar-refractivity contribution < 1.29 is 22.7 Å². The highest BCUT2D eigenvalue weighted by atomic mass is 32.2. The quantitative estimate of drug-likeness (QED) is 0.604. The number of nitrogens with one attached hydrogen (secondary N) is 1. The maximum Gasteiger partial charge on any atom is 0.255 e. The summed E-state index contributed by atoms with van der Waals surface area (Å²) in [6.45, 7) is 5.77. The summed E-state index contributed by atoms with van der Waals surface area (Å²) in [5.74, 6) is -0.135. The Labute approximate surface area is 195 Å². The van der Waals surface area contributed by atoms with E-state index >= 15 is 0 Å². The van der Waals surface area contributed by atoms with Crippen LogP contribution in [0.3, 0.4) is 0 Å². The molecule has 0 saturated carbocycles. The van der Waals surface area contributed by atoms with Crippen molar-refractivity contribution in [2.75, 3.05) is 38.6 Å². The second-order valence-electron chi connectivity index (χ2n) is 7.87. The lowest BCUT2D eigenvalue weighted by Crippen LogP contribution is -2.31. The smallest absolute Gasteiger partial charge is 0.255 e. The average molecular weight is 474 g/mol. The fourth-order valence-electron chi connectivity index (χ4n) is 3.88. The standard InChI is InChI=1S/C24H31N3O5S/c1-4-27(5-2)33(30,31)22-17-19(10-13-21(22)32-3)24(29)25-20-11-8-18(9-12-20)16-23(28)26-14-6-7-15-26/h8-13,17H,4-7,14-16H2,1-3H3,(H,25,29). The summed E-state index contributed by atoms with van der Waals surface area (Å²) in [5, 5.41) is 2.78. The molecule has 1 N–H and O–H groups in total. The van der Waals surface area contributed by atoms with Gasteiger partial charge in [0.1, 0.15) is 10.6 Å². The van der Waals surface area contributed by atoms with E-state index in [1.54, 1.807) is 26.0 Å². The lowest BCUT2D eigenvalue weighted by molar-refractivity contribution is -0.129. The van der Waals surface area contributed by atoms with Gasteiger partial charge in [0.15, 0.2) is 0 Å². The van der Waals surface area contributed by atoms with E-state index in [9.17, 15) is 18.0 Å². The highest BCUT2D eigenvalue weighted by Gasteiger charge is 2.27. The number of hydrogen-bond acceptors (Lipinski definition) is 5. The number of rotatable bonds is 9. The number of benzene rings is 2. The molecule has 0 spiro atoms. The molecule has 0 bridgehead atoms. The van der Waals surface area contributed by atoms with Gasteiger partial charge in [-0.15, -0.1) is 0 Å². The second-order valence-corrected chi connectivity index (χ2v) is 9.78. The Morgan fingerprint density at radius 1 is 1.03 bits per heavy atom. The van der Waals surface area contributed by atoms with E-state index in [1.807, 2.05) is 17.0 Å². The first-order chi connectivity index (χ1) is 15.8. The molecule has 2 aromatic rings. The zero-order valence-corrected chi connectivity index (χ0v) is 20.2. The number of likely N-dealkylation sites (tertiary alicyclic amines) is 1. The van der Waals surface area contributed by atoms with Crippen molar-refractivity contribution in [2.45, 2.75) is 38.0 Å². The van der Waals surface area contributed by atoms with E-state index < -0.39 is 15.9 Å². The van der Waals surface area contributed by atoms with Gasteiger partial charge >= 0.3 is 0 Å². The summed E-state index contributed by atoms with van der Waals surface area (Å²) in [6.07, 6.45) is 2.44. The fourth-order valence-corrected chi connectivity index (χ4v) is 5.52. The highest BCUT2D eigenvalue weighted by Crippen LogP contribution is 2.28. The van der Waals surface area contributed by atoms with E-state index in [1.165, 1.54) is 29.6 Å². The average Bonchev–Trinajstić information content (AvgIpc) is 3.36. The number of nitrogens with zero attached hydrogens (tertiary/aromatic N) is 2. The van der Waals surface area contributed by atoms with E-state index in [2.05, 4.69) is 5.32 Å². The van der Waals surface area contributed by atoms with Gasteiger partial charge in [-0.25, -0.2) is 8.42 Å². The van der Waals surface area contributed by atoms with Gasteiger partial charge in [0.2, 0.25) is 15.9 Å². The molecule has 0 aliphatic carbocycles. The molecule has 0 aromatic heterocycles. The van der Waals surface area contributed by atoms with Crippen molar-refractivity contribution >= 4 is 27.5 Å². The van der Waals surface area contributed by atoms with Gasteiger partial charge in [-0.1, -0.05) is 26.0 Å². The predicted octanol–water partition coefficient (Wildman–Crippen LogP) is 3.14. The highest BCUT2D eigenvalue weighted by molar-refractivity contribution is 7.89. The molecule has 0 radical (unpaired) electrons. The van der Waals surface area contributed by atoms with Crippen molar-refractivity contribution in [3.63, 3.8) is 0 Å². The van der Waals surface area contributed by atoms with Crippen molar-refractivity contribution in [2.24, 2.45) is 0 Å². The number of carbonyl (C=O) groups excluding carboxylic acids is 2. The third kappa shape index (κ3) is 5.72. The van der Waals surface area contributed by atoms with E-state index in [4.69, 9.17) is 4.74 Å². The Balaban J connectivity index is 1.74. The van der Waals surface area contributed by atoms with Gasteiger partial charge in [-0.05, 0) is 48.7 Å². The Morgan fingerprint density at radius 3 is 2.24 bits per heavy atom. The molecule has 3 rings (SSSR count). The topological polar surface area (TPSA) is 96.0 Å². The molecule has 9 heteroatoms. The number of carbonyl (C=O) groups is 2. The van der Waals surface area contributed by atoms with Crippen LogP contribution >= 0.6 is 0 Å². The third-order valence-corrected chi connectivity index (χ3v) is 7.85. The van der Waals surface area contributed by atoms with Crippen molar-refractivity contribution in [3.8, 4) is 5.75 Å². The first-order valence-electron chi connectivity index (χ1n) is 11.2. The molecule has 178 valence electrons. The van der Waals surface area contributed by atoms with Crippen LogP contribution in [0.15, 0.2) is 47.4 Å². The van der Waals surface area contributed by atoms with Crippen LogP contribution in [0.2, 0.25) is 0 Å². The number of ether oxygens (including phenoxy) is 1. The molecule has 2 aromatic carbocycles. The molecule has 1 heterocycles. The van der Waals surface area contributed by atoms with Crippen molar-refractivity contribution in [1.29, 1.82) is 0 Å². The zero-order chi connectivity index (χ0) is 24.0. The Bertz CT molecular complexity index is 1090.